The molecule has 2 rings (SSSR count). The summed E-state index contributed by atoms with van der Waals surface area (Å²) in [4.78, 5) is 40.5. The lowest BCUT2D eigenvalue weighted by atomic mass is 10.4. The first kappa shape index (κ1) is 15.1. The van der Waals surface area contributed by atoms with Gasteiger partial charge < -0.3 is 5.11 Å². The van der Waals surface area contributed by atoms with Gasteiger partial charge in [-0.2, -0.15) is 0 Å². The van der Waals surface area contributed by atoms with Gasteiger partial charge in [-0.3, -0.25) is 23.7 Å². The van der Waals surface area contributed by atoms with E-state index >= 15 is 0 Å². The Balaban J connectivity index is 2.75. The number of imidazole rings is 1. The molecule has 2 aromatic rings. The third-order valence-corrected chi connectivity index (χ3v) is 2.86. The first-order chi connectivity index (χ1) is 10.5. The number of H-pyrrole nitrogens is 1. The van der Waals surface area contributed by atoms with Gasteiger partial charge in [0.2, 0.25) is 0 Å². The third kappa shape index (κ3) is 2.76. The van der Waals surface area contributed by atoms with Crippen LogP contribution in [0.25, 0.3) is 11.2 Å². The van der Waals surface area contributed by atoms with E-state index in [9.17, 15) is 14.4 Å². The minimum absolute atomic E-state index is 0.158. The van der Waals surface area contributed by atoms with Crippen molar-refractivity contribution in [1.82, 2.24) is 19.1 Å². The van der Waals surface area contributed by atoms with Gasteiger partial charge in [-0.25, -0.2) is 9.78 Å². The van der Waals surface area contributed by atoms with Crippen LogP contribution >= 0.6 is 0 Å². The Morgan fingerprint density at radius 1 is 1.36 bits per heavy atom. The number of carboxylic acid groups (broad SMARTS) is 1. The van der Waals surface area contributed by atoms with E-state index < -0.39 is 17.2 Å². The Morgan fingerprint density at radius 2 is 2.09 bits per heavy atom. The van der Waals surface area contributed by atoms with E-state index in [0.717, 1.165) is 0 Å². The van der Waals surface area contributed by atoms with Gasteiger partial charge in [0.15, 0.2) is 17.0 Å². The number of carboxylic acids is 1. The topological polar surface area (TPSA) is 110 Å². The molecule has 112 valence electrons. The highest BCUT2D eigenvalue weighted by molar-refractivity contribution is 5.73. The smallest absolute Gasteiger partial charge is 0.329 e. The molecule has 2 aromatic heterocycles. The lowest BCUT2D eigenvalue weighted by Gasteiger charge is -2.00. The largest absolute Gasteiger partial charge is 0.481 e. The molecule has 0 unspecified atom stereocenters. The van der Waals surface area contributed by atoms with Crippen LogP contribution < -0.4 is 11.2 Å². The zero-order chi connectivity index (χ0) is 16.3. The zero-order valence-electron chi connectivity index (χ0n) is 11.9. The van der Waals surface area contributed by atoms with E-state index in [2.05, 4.69) is 33.6 Å². The van der Waals surface area contributed by atoms with Gasteiger partial charge in [-0.1, -0.05) is 11.8 Å². The Morgan fingerprint density at radius 3 is 2.73 bits per heavy atom. The normalized spacial score (nSPS) is 9.73. The number of aryl methyl sites for hydroxylation is 1. The maximum absolute atomic E-state index is 12.0. The predicted molar refractivity (Wildman–Crippen MR) is 78.2 cm³/mol. The number of rotatable bonds is 2. The number of aromatic nitrogens is 4. The van der Waals surface area contributed by atoms with Crippen LogP contribution in [0.4, 0.5) is 0 Å². The number of aromatic amines is 1. The number of fused-ring (bicyclic) bond motifs is 1. The van der Waals surface area contributed by atoms with Crippen molar-refractivity contribution in [2.45, 2.75) is 19.9 Å². The van der Waals surface area contributed by atoms with Crippen LogP contribution in [0.1, 0.15) is 19.2 Å². The Bertz CT molecular complexity index is 986. The molecule has 0 radical (unpaired) electrons. The van der Waals surface area contributed by atoms with Gasteiger partial charge in [0.05, 0.1) is 6.54 Å². The van der Waals surface area contributed by atoms with Gasteiger partial charge in [0, 0.05) is 7.05 Å². The maximum atomic E-state index is 12.0. The highest BCUT2D eigenvalue weighted by atomic mass is 16.4. The average molecular weight is 300 g/mol. The summed E-state index contributed by atoms with van der Waals surface area (Å²) in [5, 5.41) is 8.61. The molecular weight excluding hydrogens is 288 g/mol. The summed E-state index contributed by atoms with van der Waals surface area (Å²) in [7, 11) is 1.47. The highest BCUT2D eigenvalue weighted by Gasteiger charge is 2.15. The molecule has 0 fully saturated rings. The van der Waals surface area contributed by atoms with Crippen LogP contribution in [0, 0.1) is 23.7 Å². The second-order valence-electron chi connectivity index (χ2n) is 4.31. The van der Waals surface area contributed by atoms with Crippen LogP contribution in [0.5, 0.6) is 0 Å². The minimum Gasteiger partial charge on any atom is -0.481 e. The van der Waals surface area contributed by atoms with Crippen molar-refractivity contribution >= 4 is 17.1 Å². The van der Waals surface area contributed by atoms with Gasteiger partial charge >= 0.3 is 11.7 Å². The second-order valence-corrected chi connectivity index (χ2v) is 4.31. The molecule has 8 heteroatoms. The Kier molecular flexibility index (Phi) is 4.14. The van der Waals surface area contributed by atoms with Crippen molar-refractivity contribution in [3.8, 4) is 23.7 Å². The fourth-order valence-electron chi connectivity index (χ4n) is 1.84. The van der Waals surface area contributed by atoms with Gasteiger partial charge in [-0.05, 0) is 12.8 Å². The Hall–Kier alpha value is -3.26. The number of nitrogens with one attached hydrogen (secondary N) is 1. The molecule has 0 saturated carbocycles. The summed E-state index contributed by atoms with van der Waals surface area (Å²) in [5.41, 5.74) is -0.834. The molecule has 0 bridgehead atoms. The summed E-state index contributed by atoms with van der Waals surface area (Å²) in [6, 6.07) is 0. The van der Waals surface area contributed by atoms with E-state index in [0.29, 0.717) is 0 Å². The number of carbonyl (C=O) groups is 1. The van der Waals surface area contributed by atoms with Gasteiger partial charge in [-0.15, -0.1) is 5.92 Å². The van der Waals surface area contributed by atoms with E-state index in [4.69, 9.17) is 5.11 Å². The monoisotopic (exact) mass is 300 g/mol. The number of aliphatic carboxylic acids is 1. The van der Waals surface area contributed by atoms with Gasteiger partial charge in [0.25, 0.3) is 5.56 Å². The van der Waals surface area contributed by atoms with Crippen molar-refractivity contribution in [3.05, 3.63) is 26.7 Å². The third-order valence-electron chi connectivity index (χ3n) is 2.86. The summed E-state index contributed by atoms with van der Waals surface area (Å²) < 4.78 is 2.65. The average Bonchev–Trinajstić information content (AvgIpc) is 2.81. The van der Waals surface area contributed by atoms with E-state index in [1.165, 1.54) is 16.2 Å². The lowest BCUT2D eigenvalue weighted by molar-refractivity contribution is -0.135. The molecule has 22 heavy (non-hydrogen) atoms. The van der Waals surface area contributed by atoms with Gasteiger partial charge in [0.1, 0.15) is 6.42 Å². The lowest BCUT2D eigenvalue weighted by Crippen LogP contribution is -2.29. The molecule has 0 atom stereocenters. The molecule has 2 N–H and O–H groups in total. The fraction of sp³-hybridized carbons (Fsp3) is 0.286. The minimum atomic E-state index is -1.06. The van der Waals surface area contributed by atoms with Crippen LogP contribution in [0.15, 0.2) is 9.59 Å². The molecule has 0 aliphatic rings. The quantitative estimate of drug-likeness (QED) is 0.711. The fourth-order valence-corrected chi connectivity index (χ4v) is 1.84. The van der Waals surface area contributed by atoms with Crippen molar-refractivity contribution in [2.24, 2.45) is 7.05 Å². The highest BCUT2D eigenvalue weighted by Crippen LogP contribution is 2.09. The van der Waals surface area contributed by atoms with Crippen LogP contribution in [-0.2, 0) is 18.4 Å². The summed E-state index contributed by atoms with van der Waals surface area (Å²) in [6.07, 6.45) is -0.349. The molecule has 0 aliphatic heterocycles. The second kappa shape index (κ2) is 6.02. The summed E-state index contributed by atoms with van der Waals surface area (Å²) >= 11 is 0. The standard InChI is InChI=1S/C14H12N4O4/c1-3-4-8-18-9(6-5-7-10(19)20)15-12-11(18)13(21)16-14(22)17(12)2/h7-8H2,1-2H3,(H,19,20)(H,16,21,22). The molecule has 0 spiro atoms. The molecule has 0 aliphatic carbocycles. The van der Waals surface area contributed by atoms with E-state index in [1.54, 1.807) is 6.92 Å². The zero-order valence-corrected chi connectivity index (χ0v) is 11.9. The molecular formula is C14H12N4O4. The summed E-state index contributed by atoms with van der Waals surface area (Å²) in [6.45, 7) is 1.81. The Labute approximate surface area is 124 Å². The SMILES string of the molecule is CC#CCn1c(C#CCC(=O)O)nc2c1c(=O)[nH]c(=O)n2C. The van der Waals surface area contributed by atoms with Crippen LogP contribution in [0.3, 0.4) is 0 Å². The molecule has 2 heterocycles. The summed E-state index contributed by atoms with van der Waals surface area (Å²) in [5.74, 6) is 9.67. The molecule has 0 saturated heterocycles. The molecule has 8 nitrogen and oxygen atoms in total. The number of hydrogen-bond acceptors (Lipinski definition) is 4. The predicted octanol–water partition coefficient (Wildman–Crippen LogP) is -0.727. The molecule has 0 aromatic carbocycles. The first-order valence-electron chi connectivity index (χ1n) is 6.25. The first-order valence-corrected chi connectivity index (χ1v) is 6.25. The van der Waals surface area contributed by atoms with Crippen LogP contribution in [0.2, 0.25) is 0 Å². The van der Waals surface area contributed by atoms with E-state index in [1.807, 2.05) is 0 Å². The van der Waals surface area contributed by atoms with E-state index in [-0.39, 0.29) is 30.0 Å². The van der Waals surface area contributed by atoms with Crippen LogP contribution in [-0.4, -0.2) is 30.2 Å². The van der Waals surface area contributed by atoms with Crippen molar-refractivity contribution in [3.63, 3.8) is 0 Å². The molecule has 0 amide bonds. The maximum Gasteiger partial charge on any atom is 0.329 e. The van der Waals surface area contributed by atoms with Crippen molar-refractivity contribution < 1.29 is 9.90 Å². The number of nitrogens with zero attached hydrogens (tertiary/aromatic N) is 3. The number of hydrogen-bond donors (Lipinski definition) is 2. The van der Waals surface area contributed by atoms with Crippen molar-refractivity contribution in [2.75, 3.05) is 0 Å². The van der Waals surface area contributed by atoms with Crippen molar-refractivity contribution in [1.29, 1.82) is 0 Å².